The van der Waals surface area contributed by atoms with Crippen LogP contribution < -0.4 is 14.9 Å². The molecule has 14 heteroatoms. The zero-order valence-corrected chi connectivity index (χ0v) is 21.4. The van der Waals surface area contributed by atoms with E-state index in [1.807, 2.05) is 0 Å². The van der Waals surface area contributed by atoms with Gasteiger partial charge in [0.05, 0.1) is 19.5 Å². The van der Waals surface area contributed by atoms with Gasteiger partial charge in [-0.15, -0.1) is 0 Å². The number of para-hydroxylation sites is 1. The van der Waals surface area contributed by atoms with Gasteiger partial charge < -0.3 is 24.1 Å². The van der Waals surface area contributed by atoms with E-state index in [1.165, 1.54) is 13.3 Å². The molecule has 1 saturated heterocycles. The Morgan fingerprint density at radius 2 is 2.05 bits per heavy atom. The zero-order chi connectivity index (χ0) is 25.8. The molecular weight excluding hydrogens is 503 g/mol. The summed E-state index contributed by atoms with van der Waals surface area (Å²) < 4.78 is 43.3. The van der Waals surface area contributed by atoms with Gasteiger partial charge in [0.25, 0.3) is 0 Å². The zero-order valence-electron chi connectivity index (χ0n) is 20.5. The van der Waals surface area contributed by atoms with Gasteiger partial charge in [0.1, 0.15) is 24.7 Å². The maximum atomic E-state index is 13.6. The Kier molecular flexibility index (Phi) is 7.68. The van der Waals surface area contributed by atoms with E-state index in [2.05, 4.69) is 25.4 Å². The van der Waals surface area contributed by atoms with Crippen LogP contribution in [0.1, 0.15) is 32.9 Å². The minimum absolute atomic E-state index is 0.187. The number of nitrogens with one attached hydrogen (secondary N) is 2. The fourth-order valence-corrected chi connectivity index (χ4v) is 5.17. The van der Waals surface area contributed by atoms with Crippen molar-refractivity contribution in [1.29, 1.82) is 0 Å². The average Bonchev–Trinajstić information content (AvgIpc) is 3.40. The number of carbonyl (C=O) groups is 1. The number of hydrogen-bond donors (Lipinski definition) is 2. The van der Waals surface area contributed by atoms with Gasteiger partial charge in [-0.25, -0.2) is 19.5 Å². The van der Waals surface area contributed by atoms with Crippen molar-refractivity contribution in [1.82, 2.24) is 24.6 Å². The summed E-state index contributed by atoms with van der Waals surface area (Å²) in [5, 5.41) is 5.98. The van der Waals surface area contributed by atoms with Crippen LogP contribution in [0.4, 0.5) is 5.82 Å². The molecule has 2 aromatic heterocycles. The molecule has 3 aromatic rings. The van der Waals surface area contributed by atoms with E-state index in [4.69, 9.17) is 23.3 Å². The van der Waals surface area contributed by atoms with E-state index in [-0.39, 0.29) is 19.8 Å². The number of nitrogens with zero attached hydrogens (tertiary/aromatic N) is 4. The van der Waals surface area contributed by atoms with Crippen LogP contribution in [0.25, 0.3) is 11.2 Å². The lowest BCUT2D eigenvalue weighted by molar-refractivity contribution is -0.144. The molecule has 0 amide bonds. The minimum Gasteiger partial charge on any atom is -0.465 e. The molecule has 0 spiro atoms. The molecule has 2 N–H and O–H groups in total. The second-order valence-electron chi connectivity index (χ2n) is 8.62. The number of anilines is 1. The maximum absolute atomic E-state index is 13.6. The Labute approximate surface area is 213 Å². The lowest BCUT2D eigenvalue weighted by Gasteiger charge is -2.23. The Hall–Kier alpha value is -3.09. The van der Waals surface area contributed by atoms with Crippen molar-refractivity contribution in [3.05, 3.63) is 43.0 Å². The number of aromatic nitrogens is 4. The quantitative estimate of drug-likeness (QED) is 0.261. The molecule has 1 saturated carbocycles. The Morgan fingerprint density at radius 1 is 1.24 bits per heavy atom. The standard InChI is InChI=1S/C23H29N6O7P/c1-3-32-23(30)15(2)28-37(31,36-17-7-5-4-6-8-17)34-12-19-33-11-18(35-19)29-14-26-20-21(27-16-9-10-16)24-13-25-22(20)29/h4-8,13-16,18-19H,3,9-12H2,1-2H3,(H,28,31)(H,24,25,27)/t15-,18+,19+,37-/m0/s1. The van der Waals surface area contributed by atoms with Gasteiger partial charge in [-0.2, -0.15) is 5.09 Å². The molecule has 2 fully saturated rings. The molecule has 13 nitrogen and oxygen atoms in total. The van der Waals surface area contributed by atoms with Crippen LogP contribution in [0.3, 0.4) is 0 Å². The molecule has 198 valence electrons. The van der Waals surface area contributed by atoms with Crippen LogP contribution >= 0.6 is 7.75 Å². The van der Waals surface area contributed by atoms with Crippen LogP contribution in [0.2, 0.25) is 0 Å². The number of benzene rings is 1. The van der Waals surface area contributed by atoms with Gasteiger partial charge in [0.15, 0.2) is 29.5 Å². The molecule has 5 rings (SSSR count). The first-order valence-corrected chi connectivity index (χ1v) is 13.6. The molecule has 4 atom stereocenters. The van der Waals surface area contributed by atoms with Crippen molar-refractivity contribution in [2.45, 2.75) is 51.3 Å². The van der Waals surface area contributed by atoms with Gasteiger partial charge >= 0.3 is 13.7 Å². The van der Waals surface area contributed by atoms with Crippen molar-refractivity contribution in [2.75, 3.05) is 25.1 Å². The molecule has 37 heavy (non-hydrogen) atoms. The summed E-state index contributed by atoms with van der Waals surface area (Å²) in [7, 11) is -4.02. The number of carbonyl (C=O) groups excluding carboxylic acids is 1. The molecule has 1 aromatic carbocycles. The van der Waals surface area contributed by atoms with Crippen LogP contribution in [0, 0.1) is 0 Å². The van der Waals surface area contributed by atoms with Gasteiger partial charge in [-0.05, 0) is 38.8 Å². The van der Waals surface area contributed by atoms with Crippen molar-refractivity contribution in [3.8, 4) is 5.75 Å². The summed E-state index contributed by atoms with van der Waals surface area (Å²) in [6.07, 6.45) is 3.96. The highest BCUT2D eigenvalue weighted by molar-refractivity contribution is 7.52. The summed E-state index contributed by atoms with van der Waals surface area (Å²) in [5.74, 6) is 0.410. The second kappa shape index (κ2) is 11.1. The number of fused-ring (bicyclic) bond motifs is 1. The number of imidazole rings is 1. The first kappa shape index (κ1) is 25.6. The van der Waals surface area contributed by atoms with E-state index >= 15 is 0 Å². The van der Waals surface area contributed by atoms with E-state index in [1.54, 1.807) is 48.1 Å². The topological polar surface area (TPSA) is 148 Å². The molecule has 1 aliphatic carbocycles. The highest BCUT2D eigenvalue weighted by Gasteiger charge is 2.36. The largest absolute Gasteiger partial charge is 0.465 e. The van der Waals surface area contributed by atoms with Crippen LogP contribution in [0.5, 0.6) is 5.75 Å². The fraction of sp³-hybridized carbons (Fsp3) is 0.478. The molecule has 3 heterocycles. The SMILES string of the molecule is CCOC(=O)[C@H](C)N[P@](=O)(OC[C@@H]1OC[C@H](n2cnc3c(NC4CC4)ncnc32)O1)Oc1ccccc1. The minimum atomic E-state index is -4.02. The van der Waals surface area contributed by atoms with Crippen LogP contribution in [-0.4, -0.2) is 63.7 Å². The highest BCUT2D eigenvalue weighted by atomic mass is 31.2. The second-order valence-corrected chi connectivity index (χ2v) is 10.3. The van der Waals surface area contributed by atoms with E-state index in [9.17, 15) is 9.36 Å². The first-order valence-electron chi connectivity index (χ1n) is 12.1. The maximum Gasteiger partial charge on any atom is 0.459 e. The first-order chi connectivity index (χ1) is 17.9. The summed E-state index contributed by atoms with van der Waals surface area (Å²) in [6.45, 7) is 3.36. The smallest absolute Gasteiger partial charge is 0.459 e. The van der Waals surface area contributed by atoms with Crippen molar-refractivity contribution in [3.63, 3.8) is 0 Å². The van der Waals surface area contributed by atoms with Gasteiger partial charge in [-0.1, -0.05) is 18.2 Å². The summed E-state index contributed by atoms with van der Waals surface area (Å²) >= 11 is 0. The summed E-state index contributed by atoms with van der Waals surface area (Å²) in [4.78, 5) is 25.2. The molecular formula is C23H29N6O7P. The van der Waals surface area contributed by atoms with Gasteiger partial charge in [-0.3, -0.25) is 13.9 Å². The number of rotatable bonds is 12. The molecule has 0 radical (unpaired) electrons. The molecule has 1 aliphatic heterocycles. The average molecular weight is 532 g/mol. The van der Waals surface area contributed by atoms with Crippen molar-refractivity contribution in [2.24, 2.45) is 0 Å². The predicted octanol–water partition coefficient (Wildman–Crippen LogP) is 3.02. The molecule has 0 unspecified atom stereocenters. The Bertz CT molecular complexity index is 1270. The predicted molar refractivity (Wildman–Crippen MR) is 132 cm³/mol. The monoisotopic (exact) mass is 532 g/mol. The van der Waals surface area contributed by atoms with E-state index in [0.717, 1.165) is 12.8 Å². The third-order valence-electron chi connectivity index (χ3n) is 5.66. The number of hydrogen-bond acceptors (Lipinski definition) is 11. The molecule has 0 bridgehead atoms. The third kappa shape index (κ3) is 6.25. The lowest BCUT2D eigenvalue weighted by Crippen LogP contribution is -2.35. The molecule has 2 aliphatic rings. The third-order valence-corrected chi connectivity index (χ3v) is 7.31. The summed E-state index contributed by atoms with van der Waals surface area (Å²) in [5.41, 5.74) is 1.26. The van der Waals surface area contributed by atoms with Crippen LogP contribution in [0.15, 0.2) is 43.0 Å². The fourth-order valence-electron chi connectivity index (χ4n) is 3.69. The lowest BCUT2D eigenvalue weighted by atomic mass is 10.3. The van der Waals surface area contributed by atoms with E-state index < -0.39 is 32.3 Å². The normalized spacial score (nSPS) is 21.9. The van der Waals surface area contributed by atoms with Gasteiger partial charge in [0.2, 0.25) is 0 Å². The van der Waals surface area contributed by atoms with Crippen LogP contribution in [-0.2, 0) is 28.1 Å². The van der Waals surface area contributed by atoms with Gasteiger partial charge in [0, 0.05) is 6.04 Å². The van der Waals surface area contributed by atoms with Crippen molar-refractivity contribution >= 4 is 30.7 Å². The number of esters is 1. The summed E-state index contributed by atoms with van der Waals surface area (Å²) in [6, 6.07) is 7.99. The Morgan fingerprint density at radius 3 is 2.81 bits per heavy atom. The Balaban J connectivity index is 1.24. The van der Waals surface area contributed by atoms with Crippen molar-refractivity contribution < 1.29 is 32.6 Å². The highest BCUT2D eigenvalue weighted by Crippen LogP contribution is 2.45. The number of ether oxygens (including phenoxy) is 3. The van der Waals surface area contributed by atoms with E-state index in [0.29, 0.717) is 28.8 Å².